The number of carbonyl (C=O) groups is 1. The van der Waals surface area contributed by atoms with Gasteiger partial charge in [-0.1, -0.05) is 27.7 Å². The molecule has 5 heteroatoms. The predicted octanol–water partition coefficient (Wildman–Crippen LogP) is 2.36. The van der Waals surface area contributed by atoms with Crippen molar-refractivity contribution >= 4 is 11.7 Å². The van der Waals surface area contributed by atoms with Crippen molar-refractivity contribution < 1.29 is 4.79 Å². The predicted molar refractivity (Wildman–Crippen MR) is 80.4 cm³/mol. The Morgan fingerprint density at radius 3 is 2.65 bits per heavy atom. The Kier molecular flexibility index (Phi) is 3.99. The fraction of sp³-hybridized carbons (Fsp3) is 0.600. The van der Waals surface area contributed by atoms with E-state index in [0.717, 1.165) is 25.2 Å². The van der Waals surface area contributed by atoms with E-state index in [1.165, 1.54) is 0 Å². The summed E-state index contributed by atoms with van der Waals surface area (Å²) < 4.78 is 0. The molecule has 1 aliphatic rings. The van der Waals surface area contributed by atoms with Crippen LogP contribution in [0.2, 0.25) is 0 Å². The second-order valence-electron chi connectivity index (χ2n) is 6.61. The smallest absolute Gasteiger partial charge is 0.254 e. The van der Waals surface area contributed by atoms with Gasteiger partial charge in [-0.3, -0.25) is 4.79 Å². The molecule has 20 heavy (non-hydrogen) atoms. The van der Waals surface area contributed by atoms with Crippen molar-refractivity contribution in [3.63, 3.8) is 0 Å². The molecule has 5 nitrogen and oxygen atoms in total. The maximum absolute atomic E-state index is 12.6. The summed E-state index contributed by atoms with van der Waals surface area (Å²) in [6.45, 7) is 10.1. The number of aromatic nitrogens is 1. The van der Waals surface area contributed by atoms with Gasteiger partial charge in [0, 0.05) is 24.3 Å². The molecule has 0 aromatic carbocycles. The molecule has 1 fully saturated rings. The van der Waals surface area contributed by atoms with Gasteiger partial charge in [-0.25, -0.2) is 10.8 Å². The zero-order valence-electron chi connectivity index (χ0n) is 12.7. The fourth-order valence-electron chi connectivity index (χ4n) is 2.51. The van der Waals surface area contributed by atoms with E-state index in [2.05, 4.69) is 38.1 Å². The molecule has 0 spiro atoms. The van der Waals surface area contributed by atoms with Crippen LogP contribution in [0.4, 0.5) is 5.82 Å². The highest BCUT2D eigenvalue weighted by molar-refractivity contribution is 5.95. The van der Waals surface area contributed by atoms with Crippen LogP contribution in [0.1, 0.15) is 56.1 Å². The molecular weight excluding hydrogens is 252 g/mol. The van der Waals surface area contributed by atoms with Gasteiger partial charge >= 0.3 is 0 Å². The number of nitrogens with zero attached hydrogens (tertiary/aromatic N) is 2. The molecule has 0 unspecified atom stereocenters. The molecule has 1 saturated heterocycles. The van der Waals surface area contributed by atoms with Gasteiger partial charge in [0.05, 0.1) is 0 Å². The van der Waals surface area contributed by atoms with E-state index >= 15 is 0 Å². The Balaban J connectivity index is 2.28. The standard InChI is InChI=1S/C15H24N4O/c1-10(2)12-7-11(8-13(17-12)18-16)14(20)19-6-5-15(3,4)9-19/h7-8,10H,5-6,9,16H2,1-4H3,(H,17,18). The van der Waals surface area contributed by atoms with Crippen LogP contribution >= 0.6 is 0 Å². The third-order valence-corrected chi connectivity index (χ3v) is 3.80. The normalized spacial score (nSPS) is 17.6. The first kappa shape index (κ1) is 14.8. The average molecular weight is 276 g/mol. The molecule has 1 amide bonds. The monoisotopic (exact) mass is 276 g/mol. The fourth-order valence-corrected chi connectivity index (χ4v) is 2.51. The average Bonchev–Trinajstić information content (AvgIpc) is 2.77. The molecule has 1 aliphatic heterocycles. The van der Waals surface area contributed by atoms with E-state index in [-0.39, 0.29) is 17.2 Å². The maximum atomic E-state index is 12.6. The van der Waals surface area contributed by atoms with Gasteiger partial charge in [0.1, 0.15) is 5.82 Å². The summed E-state index contributed by atoms with van der Waals surface area (Å²) in [5, 5.41) is 0. The van der Waals surface area contributed by atoms with Crippen LogP contribution < -0.4 is 11.3 Å². The Labute approximate surface area is 120 Å². The molecule has 1 aromatic rings. The molecule has 0 bridgehead atoms. The van der Waals surface area contributed by atoms with E-state index in [9.17, 15) is 4.79 Å². The van der Waals surface area contributed by atoms with Crippen LogP contribution in [0.3, 0.4) is 0 Å². The Hall–Kier alpha value is -1.62. The Morgan fingerprint density at radius 1 is 1.45 bits per heavy atom. The third-order valence-electron chi connectivity index (χ3n) is 3.80. The summed E-state index contributed by atoms with van der Waals surface area (Å²) in [4.78, 5) is 18.9. The summed E-state index contributed by atoms with van der Waals surface area (Å²) >= 11 is 0. The van der Waals surface area contributed by atoms with Gasteiger partial charge in [-0.05, 0) is 29.9 Å². The highest BCUT2D eigenvalue weighted by Gasteiger charge is 2.32. The molecule has 0 radical (unpaired) electrons. The molecule has 3 N–H and O–H groups in total. The van der Waals surface area contributed by atoms with Crippen LogP contribution in [-0.4, -0.2) is 28.9 Å². The number of pyridine rings is 1. The van der Waals surface area contributed by atoms with Gasteiger partial charge in [-0.15, -0.1) is 0 Å². The van der Waals surface area contributed by atoms with Crippen molar-refractivity contribution in [2.24, 2.45) is 11.3 Å². The molecule has 0 atom stereocenters. The largest absolute Gasteiger partial charge is 0.338 e. The lowest BCUT2D eigenvalue weighted by Crippen LogP contribution is -2.30. The van der Waals surface area contributed by atoms with Crippen LogP contribution in [-0.2, 0) is 0 Å². The van der Waals surface area contributed by atoms with Gasteiger partial charge in [0.25, 0.3) is 5.91 Å². The first-order valence-electron chi connectivity index (χ1n) is 7.10. The number of amides is 1. The number of hydrazine groups is 1. The van der Waals surface area contributed by atoms with Crippen molar-refractivity contribution in [1.82, 2.24) is 9.88 Å². The number of nitrogen functional groups attached to an aromatic ring is 1. The minimum Gasteiger partial charge on any atom is -0.338 e. The van der Waals surface area contributed by atoms with Gasteiger partial charge < -0.3 is 10.3 Å². The topological polar surface area (TPSA) is 71.2 Å². The van der Waals surface area contributed by atoms with E-state index in [4.69, 9.17) is 5.84 Å². The zero-order chi connectivity index (χ0) is 14.9. The number of likely N-dealkylation sites (tertiary alicyclic amines) is 1. The molecule has 2 heterocycles. The van der Waals surface area contributed by atoms with Crippen LogP contribution in [0.5, 0.6) is 0 Å². The van der Waals surface area contributed by atoms with Gasteiger partial charge in [0.2, 0.25) is 0 Å². The number of carbonyl (C=O) groups excluding carboxylic acids is 1. The molecule has 1 aromatic heterocycles. The number of nitrogens with two attached hydrogens (primary N) is 1. The van der Waals surface area contributed by atoms with Crippen molar-refractivity contribution in [2.45, 2.75) is 40.0 Å². The first-order chi connectivity index (χ1) is 9.32. The lowest BCUT2D eigenvalue weighted by Gasteiger charge is -2.20. The second kappa shape index (κ2) is 5.40. The van der Waals surface area contributed by atoms with Crippen molar-refractivity contribution in [3.8, 4) is 0 Å². The highest BCUT2D eigenvalue weighted by Crippen LogP contribution is 2.30. The second-order valence-corrected chi connectivity index (χ2v) is 6.61. The van der Waals surface area contributed by atoms with Crippen LogP contribution in [0.15, 0.2) is 12.1 Å². The number of hydrogen-bond acceptors (Lipinski definition) is 4. The number of rotatable bonds is 3. The Morgan fingerprint density at radius 2 is 2.15 bits per heavy atom. The summed E-state index contributed by atoms with van der Waals surface area (Å²) in [6, 6.07) is 3.60. The van der Waals surface area contributed by atoms with E-state index in [0.29, 0.717) is 11.4 Å². The van der Waals surface area contributed by atoms with Gasteiger partial charge in [0.15, 0.2) is 0 Å². The van der Waals surface area contributed by atoms with Crippen LogP contribution in [0.25, 0.3) is 0 Å². The van der Waals surface area contributed by atoms with Crippen LogP contribution in [0, 0.1) is 5.41 Å². The third kappa shape index (κ3) is 3.10. The summed E-state index contributed by atoms with van der Waals surface area (Å²) in [7, 11) is 0. The van der Waals surface area contributed by atoms with E-state index in [1.54, 1.807) is 6.07 Å². The molecular formula is C15H24N4O. The van der Waals surface area contributed by atoms with Crippen molar-refractivity contribution in [2.75, 3.05) is 18.5 Å². The minimum absolute atomic E-state index is 0.0661. The molecule has 2 rings (SSSR count). The highest BCUT2D eigenvalue weighted by atomic mass is 16.2. The summed E-state index contributed by atoms with van der Waals surface area (Å²) in [5.74, 6) is 6.31. The van der Waals surface area contributed by atoms with Crippen molar-refractivity contribution in [1.29, 1.82) is 0 Å². The maximum Gasteiger partial charge on any atom is 0.254 e. The summed E-state index contributed by atoms with van der Waals surface area (Å²) in [5.41, 5.74) is 4.29. The molecule has 0 aliphatic carbocycles. The van der Waals surface area contributed by atoms with Crippen molar-refractivity contribution in [3.05, 3.63) is 23.4 Å². The number of nitrogens with one attached hydrogen (secondary N) is 1. The lowest BCUT2D eigenvalue weighted by atomic mass is 9.93. The molecule has 0 saturated carbocycles. The Bertz CT molecular complexity index is 511. The van der Waals surface area contributed by atoms with E-state index in [1.807, 2.05) is 11.0 Å². The number of anilines is 1. The summed E-state index contributed by atoms with van der Waals surface area (Å²) in [6.07, 6.45) is 1.04. The van der Waals surface area contributed by atoms with Gasteiger partial charge in [-0.2, -0.15) is 0 Å². The quantitative estimate of drug-likeness (QED) is 0.656. The lowest BCUT2D eigenvalue weighted by molar-refractivity contribution is 0.0778. The minimum atomic E-state index is 0.0661. The zero-order valence-corrected chi connectivity index (χ0v) is 12.7. The number of hydrogen-bond donors (Lipinski definition) is 2. The first-order valence-corrected chi connectivity index (χ1v) is 7.10. The van der Waals surface area contributed by atoms with E-state index < -0.39 is 0 Å². The molecule has 110 valence electrons. The SMILES string of the molecule is CC(C)c1cc(C(=O)N2CCC(C)(C)C2)cc(NN)n1.